The number of benzene rings is 2. The molecular weight excluding hydrogens is 274 g/mol. The van der Waals surface area contributed by atoms with E-state index in [-0.39, 0.29) is 0 Å². The summed E-state index contributed by atoms with van der Waals surface area (Å²) >= 11 is 0. The molecule has 0 atom stereocenters. The first-order valence-electron chi connectivity index (χ1n) is 7.13. The average molecular weight is 293 g/mol. The van der Waals surface area contributed by atoms with Gasteiger partial charge in [0.2, 0.25) is 5.95 Å². The number of hydrogen-bond acceptors (Lipinski definition) is 4. The van der Waals surface area contributed by atoms with Crippen LogP contribution in [0.4, 0.5) is 11.6 Å². The Bertz CT molecular complexity index is 800. The number of nitrogens with zero attached hydrogens (tertiary/aromatic N) is 4. The summed E-state index contributed by atoms with van der Waals surface area (Å²) < 4.78 is 1.99. The van der Waals surface area contributed by atoms with Gasteiger partial charge in [-0.15, -0.1) is 0 Å². The number of rotatable bonds is 4. The Labute approximate surface area is 129 Å². The van der Waals surface area contributed by atoms with Crippen LogP contribution in [0.1, 0.15) is 5.56 Å². The van der Waals surface area contributed by atoms with Gasteiger partial charge in [-0.1, -0.05) is 24.3 Å². The van der Waals surface area contributed by atoms with Crippen LogP contribution in [0.25, 0.3) is 11.0 Å². The highest BCUT2D eigenvalue weighted by molar-refractivity contribution is 5.82. The molecule has 0 radical (unpaired) electrons. The lowest BCUT2D eigenvalue weighted by atomic mass is 10.2. The van der Waals surface area contributed by atoms with E-state index >= 15 is 0 Å². The number of nitrogens with one attached hydrogen (secondary N) is 1. The van der Waals surface area contributed by atoms with E-state index in [0.29, 0.717) is 0 Å². The monoisotopic (exact) mass is 293 g/mol. The summed E-state index contributed by atoms with van der Waals surface area (Å²) in [6.07, 6.45) is 1.79. The quantitative estimate of drug-likeness (QED) is 0.594. The Hall–Kier alpha value is -2.82. The van der Waals surface area contributed by atoms with Crippen molar-refractivity contribution in [1.29, 1.82) is 0 Å². The predicted octanol–water partition coefficient (Wildman–Crippen LogP) is 3.09. The molecule has 0 unspecified atom stereocenters. The number of aryl methyl sites for hydroxylation is 1. The van der Waals surface area contributed by atoms with Gasteiger partial charge in [-0.2, -0.15) is 5.10 Å². The van der Waals surface area contributed by atoms with Gasteiger partial charge in [-0.3, -0.25) is 0 Å². The zero-order chi connectivity index (χ0) is 15.5. The fourth-order valence-corrected chi connectivity index (χ4v) is 2.27. The van der Waals surface area contributed by atoms with Crippen LogP contribution in [0.2, 0.25) is 0 Å². The Balaban J connectivity index is 1.74. The van der Waals surface area contributed by atoms with E-state index in [1.165, 1.54) is 5.69 Å². The molecule has 5 heteroatoms. The van der Waals surface area contributed by atoms with Gasteiger partial charge in [-0.25, -0.2) is 10.4 Å². The summed E-state index contributed by atoms with van der Waals surface area (Å²) in [5, 5.41) is 4.27. The molecule has 1 N–H and O–H groups in total. The van der Waals surface area contributed by atoms with E-state index in [1.54, 1.807) is 6.21 Å². The van der Waals surface area contributed by atoms with Crippen LogP contribution in [-0.4, -0.2) is 29.9 Å². The molecule has 0 aliphatic heterocycles. The molecule has 112 valence electrons. The standard InChI is InChI=1S/C17H19N5/c1-21(2)14-10-8-13(9-11-14)12-18-20-17-19-15-6-4-5-7-16(15)22(17)3/h4-12H,1-3H3,(H,19,20)/b18-12-. The van der Waals surface area contributed by atoms with Gasteiger partial charge in [0.1, 0.15) is 0 Å². The minimum absolute atomic E-state index is 0.724. The minimum atomic E-state index is 0.724. The predicted molar refractivity (Wildman–Crippen MR) is 92.7 cm³/mol. The molecular formula is C17H19N5. The highest BCUT2D eigenvalue weighted by atomic mass is 15.4. The van der Waals surface area contributed by atoms with Crippen LogP contribution in [-0.2, 0) is 7.05 Å². The van der Waals surface area contributed by atoms with Crippen LogP contribution in [0.5, 0.6) is 0 Å². The smallest absolute Gasteiger partial charge is 0.224 e. The lowest BCUT2D eigenvalue weighted by Gasteiger charge is -2.11. The van der Waals surface area contributed by atoms with Crippen molar-refractivity contribution in [2.45, 2.75) is 0 Å². The van der Waals surface area contributed by atoms with Crippen molar-refractivity contribution in [3.8, 4) is 0 Å². The van der Waals surface area contributed by atoms with Crippen LogP contribution >= 0.6 is 0 Å². The normalized spacial score (nSPS) is 11.2. The molecule has 0 bridgehead atoms. The number of hydrogen-bond donors (Lipinski definition) is 1. The van der Waals surface area contributed by atoms with E-state index in [4.69, 9.17) is 0 Å². The van der Waals surface area contributed by atoms with E-state index in [9.17, 15) is 0 Å². The lowest BCUT2D eigenvalue weighted by molar-refractivity contribution is 0.943. The van der Waals surface area contributed by atoms with E-state index < -0.39 is 0 Å². The Morgan fingerprint density at radius 3 is 2.50 bits per heavy atom. The first kappa shape index (κ1) is 14.1. The number of fused-ring (bicyclic) bond motifs is 1. The molecule has 1 heterocycles. The maximum absolute atomic E-state index is 4.51. The van der Waals surface area contributed by atoms with Crippen molar-refractivity contribution < 1.29 is 0 Å². The fraction of sp³-hybridized carbons (Fsp3) is 0.176. The first-order chi connectivity index (χ1) is 10.6. The van der Waals surface area contributed by atoms with Crippen LogP contribution in [0, 0.1) is 0 Å². The Kier molecular flexibility index (Phi) is 3.78. The number of anilines is 2. The molecule has 0 aliphatic carbocycles. The van der Waals surface area contributed by atoms with Gasteiger partial charge in [0.15, 0.2) is 0 Å². The third kappa shape index (κ3) is 2.79. The molecule has 5 nitrogen and oxygen atoms in total. The summed E-state index contributed by atoms with van der Waals surface area (Å²) in [6, 6.07) is 16.2. The number of imidazole rings is 1. The maximum atomic E-state index is 4.51. The van der Waals surface area contributed by atoms with E-state index in [2.05, 4.69) is 32.5 Å². The zero-order valence-electron chi connectivity index (χ0n) is 13.0. The van der Waals surface area contributed by atoms with Crippen LogP contribution in [0.15, 0.2) is 53.6 Å². The highest BCUT2D eigenvalue weighted by Crippen LogP contribution is 2.17. The summed E-state index contributed by atoms with van der Waals surface area (Å²) in [5.41, 5.74) is 7.24. The van der Waals surface area contributed by atoms with Crippen molar-refractivity contribution in [3.05, 3.63) is 54.1 Å². The SMILES string of the molecule is CN(C)c1ccc(/C=N\Nc2nc3ccccc3n2C)cc1. The number of para-hydroxylation sites is 2. The molecule has 0 spiro atoms. The van der Waals surface area contributed by atoms with E-state index in [0.717, 1.165) is 22.5 Å². The fourth-order valence-electron chi connectivity index (χ4n) is 2.27. The van der Waals surface area contributed by atoms with Crippen molar-refractivity contribution in [2.24, 2.45) is 12.1 Å². The Morgan fingerprint density at radius 2 is 1.82 bits per heavy atom. The second kappa shape index (κ2) is 5.89. The number of aromatic nitrogens is 2. The third-order valence-electron chi connectivity index (χ3n) is 3.57. The summed E-state index contributed by atoms with van der Waals surface area (Å²) in [5.74, 6) is 0.724. The van der Waals surface area contributed by atoms with Crippen molar-refractivity contribution in [3.63, 3.8) is 0 Å². The lowest BCUT2D eigenvalue weighted by Crippen LogP contribution is -2.08. The molecule has 0 aliphatic rings. The van der Waals surface area contributed by atoms with Gasteiger partial charge in [-0.05, 0) is 29.8 Å². The average Bonchev–Trinajstić information content (AvgIpc) is 2.85. The largest absolute Gasteiger partial charge is 0.378 e. The molecule has 1 aromatic heterocycles. The molecule has 0 amide bonds. The first-order valence-corrected chi connectivity index (χ1v) is 7.13. The third-order valence-corrected chi connectivity index (χ3v) is 3.57. The number of hydrazone groups is 1. The van der Waals surface area contributed by atoms with E-state index in [1.807, 2.05) is 62.1 Å². The molecule has 0 saturated carbocycles. The summed E-state index contributed by atoms with van der Waals surface area (Å²) in [4.78, 5) is 6.58. The van der Waals surface area contributed by atoms with Gasteiger partial charge in [0, 0.05) is 26.8 Å². The molecule has 3 aromatic rings. The molecule has 3 rings (SSSR count). The second-order valence-electron chi connectivity index (χ2n) is 5.34. The minimum Gasteiger partial charge on any atom is -0.378 e. The molecule has 2 aromatic carbocycles. The molecule has 22 heavy (non-hydrogen) atoms. The summed E-state index contributed by atoms with van der Waals surface area (Å²) in [7, 11) is 6.02. The molecule has 0 saturated heterocycles. The molecule has 0 fully saturated rings. The second-order valence-corrected chi connectivity index (χ2v) is 5.34. The van der Waals surface area contributed by atoms with Crippen molar-refractivity contribution in [2.75, 3.05) is 24.4 Å². The van der Waals surface area contributed by atoms with Crippen molar-refractivity contribution in [1.82, 2.24) is 9.55 Å². The Morgan fingerprint density at radius 1 is 1.09 bits per heavy atom. The van der Waals surface area contributed by atoms with Gasteiger partial charge in [0.05, 0.1) is 17.2 Å². The summed E-state index contributed by atoms with van der Waals surface area (Å²) in [6.45, 7) is 0. The van der Waals surface area contributed by atoms with Crippen LogP contribution in [0.3, 0.4) is 0 Å². The zero-order valence-corrected chi connectivity index (χ0v) is 13.0. The van der Waals surface area contributed by atoms with Gasteiger partial charge < -0.3 is 9.47 Å². The van der Waals surface area contributed by atoms with Gasteiger partial charge >= 0.3 is 0 Å². The van der Waals surface area contributed by atoms with Crippen LogP contribution < -0.4 is 10.3 Å². The topological polar surface area (TPSA) is 45.4 Å². The maximum Gasteiger partial charge on any atom is 0.224 e. The van der Waals surface area contributed by atoms with Gasteiger partial charge in [0.25, 0.3) is 0 Å². The van der Waals surface area contributed by atoms with Crippen molar-refractivity contribution >= 4 is 28.9 Å². The highest BCUT2D eigenvalue weighted by Gasteiger charge is 2.05.